The Morgan fingerprint density at radius 1 is 0.950 bits per heavy atom. The number of hydrogen-bond donors (Lipinski definition) is 3. The van der Waals surface area contributed by atoms with Crippen molar-refractivity contribution in [1.82, 2.24) is 5.32 Å². The number of carbonyl (C=O) groups is 2. The van der Waals surface area contributed by atoms with Crippen molar-refractivity contribution in [2.75, 3.05) is 19.8 Å². The van der Waals surface area contributed by atoms with Gasteiger partial charge in [0.05, 0.1) is 17.7 Å². The van der Waals surface area contributed by atoms with Crippen LogP contribution in [0.25, 0.3) is 0 Å². The third kappa shape index (κ3) is 11.2. The lowest BCUT2D eigenvalue weighted by atomic mass is 10.0. The van der Waals surface area contributed by atoms with Gasteiger partial charge in [0, 0.05) is 18.7 Å². The summed E-state index contributed by atoms with van der Waals surface area (Å²) in [5, 5.41) is 21.7. The summed E-state index contributed by atoms with van der Waals surface area (Å²) in [4.78, 5) is 23.1. The number of phenols is 2. The molecule has 0 fully saturated rings. The Kier molecular flexibility index (Phi) is 14.0. The van der Waals surface area contributed by atoms with Crippen LogP contribution < -0.4 is 5.32 Å². The van der Waals surface area contributed by atoms with Gasteiger partial charge in [-0.25, -0.2) is 9.59 Å². The van der Waals surface area contributed by atoms with E-state index in [1.807, 2.05) is 13.0 Å². The number of esters is 2. The van der Waals surface area contributed by atoms with E-state index in [0.29, 0.717) is 29.7 Å². The normalized spacial score (nSPS) is 11.3. The van der Waals surface area contributed by atoms with Crippen molar-refractivity contribution < 1.29 is 42.4 Å². The standard InChI is InChI=1S/C19H20F3NO2.C10H12O4.ClH/c1-14(12-15-6-5-9-17(13-15)19(20,21)22)23-10-11-25-18(24)16-7-3-2-4-8-16;1-3-14-10(13)9-6(2)4-7(11)5-8(9)12;/h2-9,13-14,23H,10-12H2,1H3;4-5,11-12H,3H2,1-2H3;1H. The maximum atomic E-state index is 12.7. The van der Waals surface area contributed by atoms with Crippen molar-refractivity contribution in [3.63, 3.8) is 0 Å². The van der Waals surface area contributed by atoms with Crippen LogP contribution in [0.3, 0.4) is 0 Å². The summed E-state index contributed by atoms with van der Waals surface area (Å²) < 4.78 is 48.0. The molecule has 1 atom stereocenters. The average molecular weight is 584 g/mol. The molecule has 218 valence electrons. The second-order valence-electron chi connectivity index (χ2n) is 8.64. The molecule has 7 nitrogen and oxygen atoms in total. The molecule has 3 N–H and O–H groups in total. The summed E-state index contributed by atoms with van der Waals surface area (Å²) in [5.41, 5.74) is 1.04. The van der Waals surface area contributed by atoms with Crippen molar-refractivity contribution in [1.29, 1.82) is 0 Å². The van der Waals surface area contributed by atoms with Crippen LogP contribution in [0, 0.1) is 6.92 Å². The van der Waals surface area contributed by atoms with E-state index in [1.54, 1.807) is 44.2 Å². The fourth-order valence-electron chi connectivity index (χ4n) is 3.63. The maximum absolute atomic E-state index is 12.7. The number of aryl methyl sites for hydroxylation is 1. The monoisotopic (exact) mass is 583 g/mol. The highest BCUT2D eigenvalue weighted by Gasteiger charge is 2.30. The molecule has 0 aromatic heterocycles. The third-order valence-electron chi connectivity index (χ3n) is 5.41. The molecule has 0 aliphatic heterocycles. The summed E-state index contributed by atoms with van der Waals surface area (Å²) >= 11 is 0. The Morgan fingerprint density at radius 3 is 2.23 bits per heavy atom. The van der Waals surface area contributed by atoms with Crippen molar-refractivity contribution in [2.24, 2.45) is 0 Å². The molecule has 0 aliphatic rings. The number of carbonyl (C=O) groups excluding carboxylic acids is 2. The lowest BCUT2D eigenvalue weighted by Gasteiger charge is -2.15. The third-order valence-corrected chi connectivity index (χ3v) is 5.41. The van der Waals surface area contributed by atoms with Gasteiger partial charge in [0.15, 0.2) is 0 Å². The molecule has 3 aromatic carbocycles. The molecule has 0 saturated heterocycles. The highest BCUT2D eigenvalue weighted by molar-refractivity contribution is 5.94. The van der Waals surface area contributed by atoms with Gasteiger partial charge >= 0.3 is 18.1 Å². The first-order valence-electron chi connectivity index (χ1n) is 12.2. The molecule has 0 spiro atoms. The number of halogens is 4. The predicted octanol–water partition coefficient (Wildman–Crippen LogP) is 6.09. The van der Waals surface area contributed by atoms with Crippen LogP contribution >= 0.6 is 12.4 Å². The second-order valence-corrected chi connectivity index (χ2v) is 8.64. The van der Waals surface area contributed by atoms with Crippen molar-refractivity contribution in [2.45, 2.75) is 39.4 Å². The lowest BCUT2D eigenvalue weighted by Crippen LogP contribution is -2.31. The highest BCUT2D eigenvalue weighted by atomic mass is 35.5. The molecule has 0 aliphatic carbocycles. The van der Waals surface area contributed by atoms with E-state index in [2.05, 4.69) is 5.32 Å². The van der Waals surface area contributed by atoms with Gasteiger partial charge in [-0.3, -0.25) is 0 Å². The molecule has 0 amide bonds. The zero-order chi connectivity index (χ0) is 29.0. The molecule has 3 aromatic rings. The minimum absolute atomic E-state index is 0. The minimum Gasteiger partial charge on any atom is -0.508 e. The lowest BCUT2D eigenvalue weighted by molar-refractivity contribution is -0.137. The Labute approximate surface area is 237 Å². The van der Waals surface area contributed by atoms with E-state index in [1.165, 1.54) is 12.1 Å². The zero-order valence-electron chi connectivity index (χ0n) is 22.3. The first kappa shape index (κ1) is 34.3. The molecule has 0 saturated carbocycles. The van der Waals surface area contributed by atoms with Crippen LogP contribution in [0.4, 0.5) is 13.2 Å². The van der Waals surface area contributed by atoms with Crippen LogP contribution in [0.5, 0.6) is 11.5 Å². The van der Waals surface area contributed by atoms with Crippen LogP contribution in [0.2, 0.25) is 0 Å². The van der Waals surface area contributed by atoms with Crippen LogP contribution in [0.1, 0.15) is 51.3 Å². The summed E-state index contributed by atoms with van der Waals surface area (Å²) in [6.45, 7) is 6.05. The summed E-state index contributed by atoms with van der Waals surface area (Å²) in [5.74, 6) is -1.32. The van der Waals surface area contributed by atoms with Gasteiger partial charge in [0.25, 0.3) is 0 Å². The minimum atomic E-state index is -4.34. The van der Waals surface area contributed by atoms with E-state index in [-0.39, 0.29) is 48.7 Å². The predicted molar refractivity (Wildman–Crippen MR) is 147 cm³/mol. The fraction of sp³-hybridized carbons (Fsp3) is 0.310. The van der Waals surface area contributed by atoms with Crippen LogP contribution in [0.15, 0.2) is 66.7 Å². The number of alkyl halides is 3. The number of ether oxygens (including phenoxy) is 2. The molecule has 1 unspecified atom stereocenters. The van der Waals surface area contributed by atoms with Crippen LogP contribution in [-0.2, 0) is 22.1 Å². The van der Waals surface area contributed by atoms with Gasteiger partial charge < -0.3 is 25.0 Å². The largest absolute Gasteiger partial charge is 0.508 e. The Morgan fingerprint density at radius 2 is 1.62 bits per heavy atom. The number of aromatic hydroxyl groups is 2. The van der Waals surface area contributed by atoms with E-state index in [4.69, 9.17) is 14.6 Å². The number of rotatable bonds is 9. The van der Waals surface area contributed by atoms with E-state index >= 15 is 0 Å². The molecule has 11 heteroatoms. The van der Waals surface area contributed by atoms with E-state index in [0.717, 1.165) is 18.2 Å². The molecular weight excluding hydrogens is 551 g/mol. The molecule has 3 rings (SSSR count). The highest BCUT2D eigenvalue weighted by Crippen LogP contribution is 2.30. The Hall–Kier alpha value is -3.76. The van der Waals surface area contributed by atoms with Gasteiger partial charge in [0.1, 0.15) is 23.7 Å². The maximum Gasteiger partial charge on any atom is 0.416 e. The van der Waals surface area contributed by atoms with Crippen molar-refractivity contribution in [3.05, 3.63) is 94.5 Å². The quantitative estimate of drug-likeness (QED) is 0.207. The molecule has 0 bridgehead atoms. The second kappa shape index (κ2) is 16.4. The fourth-order valence-corrected chi connectivity index (χ4v) is 3.63. The number of nitrogens with one attached hydrogen (secondary N) is 1. The summed E-state index contributed by atoms with van der Waals surface area (Å²) in [7, 11) is 0. The Balaban J connectivity index is 0.000000454. The smallest absolute Gasteiger partial charge is 0.416 e. The van der Waals surface area contributed by atoms with Gasteiger partial charge in [-0.2, -0.15) is 13.2 Å². The first-order chi connectivity index (χ1) is 18.4. The number of hydrogen-bond acceptors (Lipinski definition) is 7. The molecular formula is C29H33ClF3NO6. The van der Waals surface area contributed by atoms with Crippen LogP contribution in [-0.4, -0.2) is 48.0 Å². The van der Waals surface area contributed by atoms with Gasteiger partial charge in [-0.15, -0.1) is 12.4 Å². The SMILES string of the molecule is CC(Cc1cccc(C(F)(F)F)c1)NCCOC(=O)c1ccccc1.CCOC(=O)c1c(C)cc(O)cc1O.Cl. The average Bonchev–Trinajstić information content (AvgIpc) is 2.86. The topological polar surface area (TPSA) is 105 Å². The van der Waals surface area contributed by atoms with Gasteiger partial charge in [-0.05, 0) is 62.6 Å². The molecule has 0 heterocycles. The Bertz CT molecular complexity index is 1210. The molecule has 0 radical (unpaired) electrons. The summed E-state index contributed by atoms with van der Waals surface area (Å²) in [6, 6.07) is 16.4. The zero-order valence-corrected chi connectivity index (χ0v) is 23.1. The number of phenolic OH excluding ortho intramolecular Hbond substituents is 2. The van der Waals surface area contributed by atoms with Crippen molar-refractivity contribution >= 4 is 24.3 Å². The van der Waals surface area contributed by atoms with Crippen molar-refractivity contribution in [3.8, 4) is 11.5 Å². The molecule has 40 heavy (non-hydrogen) atoms. The van der Waals surface area contributed by atoms with E-state index < -0.39 is 23.7 Å². The van der Waals surface area contributed by atoms with E-state index in [9.17, 15) is 27.9 Å². The number of benzene rings is 3. The summed E-state index contributed by atoms with van der Waals surface area (Å²) in [6.07, 6.45) is -3.88. The van der Waals surface area contributed by atoms with Gasteiger partial charge in [-0.1, -0.05) is 36.4 Å². The first-order valence-corrected chi connectivity index (χ1v) is 12.2. The van der Waals surface area contributed by atoms with Gasteiger partial charge in [0.2, 0.25) is 0 Å².